The maximum Gasteiger partial charge on any atom is 0.264 e. The van der Waals surface area contributed by atoms with E-state index in [4.69, 9.17) is 9.47 Å². The number of benzene rings is 2. The van der Waals surface area contributed by atoms with Gasteiger partial charge in [0.1, 0.15) is 13.2 Å². The van der Waals surface area contributed by atoms with E-state index in [0.29, 0.717) is 43.4 Å². The van der Waals surface area contributed by atoms with E-state index in [9.17, 15) is 13.2 Å². The summed E-state index contributed by atoms with van der Waals surface area (Å²) in [6, 6.07) is 11.5. The maximum absolute atomic E-state index is 13.0. The van der Waals surface area contributed by atoms with E-state index in [2.05, 4.69) is 0 Å². The summed E-state index contributed by atoms with van der Waals surface area (Å²) in [5.41, 5.74) is 1.21. The minimum Gasteiger partial charge on any atom is -0.486 e. The van der Waals surface area contributed by atoms with Gasteiger partial charge in [0.2, 0.25) is 5.91 Å². The van der Waals surface area contributed by atoms with Gasteiger partial charge in [-0.3, -0.25) is 9.10 Å². The van der Waals surface area contributed by atoms with Crippen molar-refractivity contribution in [3.63, 3.8) is 0 Å². The van der Waals surface area contributed by atoms with Crippen molar-refractivity contribution in [2.75, 3.05) is 36.0 Å². The normalized spacial score (nSPS) is 16.5. The predicted octanol–water partition coefficient (Wildman–Crippen LogP) is 2.41. The SMILES string of the molecule is CN(c1ccc2c(c1)OCCO2)S(=O)(=O)c1ccc(N2CCCC2=O)cc1. The number of ether oxygens (including phenoxy) is 2. The van der Waals surface area contributed by atoms with Gasteiger partial charge in [0.25, 0.3) is 10.0 Å². The Morgan fingerprint density at radius 1 is 1.00 bits per heavy atom. The van der Waals surface area contributed by atoms with Crippen LogP contribution in [0.3, 0.4) is 0 Å². The van der Waals surface area contributed by atoms with Crippen LogP contribution in [0.1, 0.15) is 12.8 Å². The quantitative estimate of drug-likeness (QED) is 0.804. The van der Waals surface area contributed by atoms with Gasteiger partial charge in [0.05, 0.1) is 10.6 Å². The Labute approximate surface area is 158 Å². The van der Waals surface area contributed by atoms with E-state index in [1.807, 2.05) is 0 Å². The molecule has 1 saturated heterocycles. The Bertz CT molecular complexity index is 972. The van der Waals surface area contributed by atoms with Crippen LogP contribution in [0.25, 0.3) is 0 Å². The first-order valence-electron chi connectivity index (χ1n) is 8.76. The number of amides is 1. The van der Waals surface area contributed by atoms with Crippen molar-refractivity contribution in [3.05, 3.63) is 42.5 Å². The van der Waals surface area contributed by atoms with Gasteiger partial charge in [0.15, 0.2) is 11.5 Å². The fourth-order valence-corrected chi connectivity index (χ4v) is 4.43. The van der Waals surface area contributed by atoms with Crippen LogP contribution in [0, 0.1) is 0 Å². The molecule has 0 bridgehead atoms. The van der Waals surface area contributed by atoms with Crippen LogP contribution >= 0.6 is 0 Å². The molecule has 0 saturated carbocycles. The second-order valence-electron chi connectivity index (χ2n) is 6.44. The number of sulfonamides is 1. The third-order valence-corrected chi connectivity index (χ3v) is 6.57. The summed E-state index contributed by atoms with van der Waals surface area (Å²) in [5, 5.41) is 0. The van der Waals surface area contributed by atoms with Crippen LogP contribution in [-0.2, 0) is 14.8 Å². The number of rotatable bonds is 4. The summed E-state index contributed by atoms with van der Waals surface area (Å²) in [6.45, 7) is 1.58. The molecule has 1 amide bonds. The number of carbonyl (C=O) groups is 1. The third-order valence-electron chi connectivity index (χ3n) is 4.77. The van der Waals surface area contributed by atoms with Crippen molar-refractivity contribution in [2.24, 2.45) is 0 Å². The minimum atomic E-state index is -3.74. The first kappa shape index (κ1) is 17.7. The van der Waals surface area contributed by atoms with E-state index in [-0.39, 0.29) is 10.8 Å². The predicted molar refractivity (Wildman–Crippen MR) is 101 cm³/mol. The Morgan fingerprint density at radius 2 is 1.70 bits per heavy atom. The summed E-state index contributed by atoms with van der Waals surface area (Å²) in [7, 11) is -2.24. The Hall–Kier alpha value is -2.74. The second-order valence-corrected chi connectivity index (χ2v) is 8.41. The zero-order chi connectivity index (χ0) is 19.0. The topological polar surface area (TPSA) is 76.2 Å². The molecule has 142 valence electrons. The fraction of sp³-hybridized carbons (Fsp3) is 0.316. The minimum absolute atomic E-state index is 0.0685. The summed E-state index contributed by atoms with van der Waals surface area (Å²) in [6.07, 6.45) is 1.36. The highest BCUT2D eigenvalue weighted by Gasteiger charge is 2.25. The average molecular weight is 388 g/mol. The van der Waals surface area contributed by atoms with Crippen LogP contribution in [-0.4, -0.2) is 41.1 Å². The average Bonchev–Trinajstić information content (AvgIpc) is 3.13. The van der Waals surface area contributed by atoms with Crippen molar-refractivity contribution >= 4 is 27.3 Å². The molecule has 0 aromatic heterocycles. The molecule has 0 radical (unpaired) electrons. The van der Waals surface area contributed by atoms with Crippen LogP contribution in [0.5, 0.6) is 11.5 Å². The number of carbonyl (C=O) groups excluding carboxylic acids is 1. The van der Waals surface area contributed by atoms with Gasteiger partial charge in [-0.2, -0.15) is 0 Å². The molecule has 0 aliphatic carbocycles. The van der Waals surface area contributed by atoms with Crippen molar-refractivity contribution < 1.29 is 22.7 Å². The first-order valence-corrected chi connectivity index (χ1v) is 10.2. The van der Waals surface area contributed by atoms with Gasteiger partial charge in [-0.1, -0.05) is 0 Å². The van der Waals surface area contributed by atoms with Crippen LogP contribution in [0.15, 0.2) is 47.4 Å². The summed E-state index contributed by atoms with van der Waals surface area (Å²) in [4.78, 5) is 13.7. The molecular formula is C19H20N2O5S. The molecule has 2 aliphatic rings. The highest BCUT2D eigenvalue weighted by molar-refractivity contribution is 7.92. The smallest absolute Gasteiger partial charge is 0.264 e. The maximum atomic E-state index is 13.0. The van der Waals surface area contributed by atoms with Crippen LogP contribution in [0.2, 0.25) is 0 Å². The zero-order valence-corrected chi connectivity index (χ0v) is 15.7. The zero-order valence-electron chi connectivity index (χ0n) is 14.9. The summed E-state index contributed by atoms with van der Waals surface area (Å²) in [5.74, 6) is 1.21. The van der Waals surface area contributed by atoms with E-state index < -0.39 is 10.0 Å². The third kappa shape index (κ3) is 3.21. The van der Waals surface area contributed by atoms with Gasteiger partial charge < -0.3 is 14.4 Å². The Kier molecular flexibility index (Phi) is 4.43. The van der Waals surface area contributed by atoms with Gasteiger partial charge in [-0.15, -0.1) is 0 Å². The highest BCUT2D eigenvalue weighted by atomic mass is 32.2. The van der Waals surface area contributed by atoms with E-state index >= 15 is 0 Å². The lowest BCUT2D eigenvalue weighted by molar-refractivity contribution is -0.117. The molecule has 0 N–H and O–H groups in total. The summed E-state index contributed by atoms with van der Waals surface area (Å²) < 4.78 is 38.2. The molecule has 7 nitrogen and oxygen atoms in total. The number of anilines is 2. The van der Waals surface area contributed by atoms with Crippen LogP contribution in [0.4, 0.5) is 11.4 Å². The lowest BCUT2D eigenvalue weighted by atomic mass is 10.2. The monoisotopic (exact) mass is 388 g/mol. The van der Waals surface area contributed by atoms with E-state index in [1.54, 1.807) is 35.2 Å². The van der Waals surface area contributed by atoms with Gasteiger partial charge in [-0.25, -0.2) is 8.42 Å². The number of hydrogen-bond donors (Lipinski definition) is 0. The standard InChI is InChI=1S/C19H20N2O5S/c1-20(15-6-9-17-18(13-15)26-12-11-25-17)27(23,24)16-7-4-14(5-8-16)21-10-2-3-19(21)22/h4-9,13H,2-3,10-12H2,1H3. The molecule has 8 heteroatoms. The Morgan fingerprint density at radius 3 is 2.37 bits per heavy atom. The van der Waals surface area contributed by atoms with Crippen molar-refractivity contribution in [2.45, 2.75) is 17.7 Å². The van der Waals surface area contributed by atoms with Crippen molar-refractivity contribution in [3.8, 4) is 11.5 Å². The number of nitrogens with zero attached hydrogens (tertiary/aromatic N) is 2. The molecule has 1 fully saturated rings. The molecule has 2 heterocycles. The molecule has 2 aromatic rings. The molecular weight excluding hydrogens is 368 g/mol. The molecule has 4 rings (SSSR count). The van der Waals surface area contributed by atoms with E-state index in [0.717, 1.165) is 12.1 Å². The second kappa shape index (κ2) is 6.77. The molecule has 0 unspecified atom stereocenters. The fourth-order valence-electron chi connectivity index (χ4n) is 3.24. The first-order chi connectivity index (χ1) is 13.0. The molecule has 0 atom stereocenters. The highest BCUT2D eigenvalue weighted by Crippen LogP contribution is 2.35. The van der Waals surface area contributed by atoms with Crippen LogP contribution < -0.4 is 18.7 Å². The van der Waals surface area contributed by atoms with Gasteiger partial charge in [0, 0.05) is 31.8 Å². The molecule has 0 spiro atoms. The number of fused-ring (bicyclic) bond motifs is 1. The molecule has 27 heavy (non-hydrogen) atoms. The van der Waals surface area contributed by atoms with Gasteiger partial charge in [-0.05, 0) is 42.8 Å². The molecule has 2 aliphatic heterocycles. The molecule has 2 aromatic carbocycles. The van der Waals surface area contributed by atoms with Crippen molar-refractivity contribution in [1.82, 2.24) is 0 Å². The lowest BCUT2D eigenvalue weighted by Gasteiger charge is -2.23. The van der Waals surface area contributed by atoms with Crippen molar-refractivity contribution in [1.29, 1.82) is 0 Å². The Balaban J connectivity index is 1.59. The largest absolute Gasteiger partial charge is 0.486 e. The van der Waals surface area contributed by atoms with Gasteiger partial charge >= 0.3 is 0 Å². The van der Waals surface area contributed by atoms with E-state index in [1.165, 1.54) is 23.5 Å². The number of hydrogen-bond acceptors (Lipinski definition) is 5. The summed E-state index contributed by atoms with van der Waals surface area (Å²) >= 11 is 0. The lowest BCUT2D eigenvalue weighted by Crippen LogP contribution is -2.27.